The van der Waals surface area contributed by atoms with Crippen molar-refractivity contribution in [2.24, 2.45) is 5.92 Å². The van der Waals surface area contributed by atoms with Gasteiger partial charge in [-0.1, -0.05) is 12.1 Å². The average Bonchev–Trinajstić information content (AvgIpc) is 2.66. The van der Waals surface area contributed by atoms with E-state index in [4.69, 9.17) is 0 Å². The number of nitrogens with zero attached hydrogens (tertiary/aromatic N) is 1. The van der Waals surface area contributed by atoms with Gasteiger partial charge in [0.05, 0.1) is 4.90 Å². The fraction of sp³-hybridized carbons (Fsp3) is 0.526. The number of rotatable bonds is 8. The quantitative estimate of drug-likeness (QED) is 0.620. The number of hydrogen-bond donors (Lipinski definition) is 2. The molecule has 0 atom stereocenters. The van der Waals surface area contributed by atoms with E-state index in [0.717, 1.165) is 12.8 Å². The topological polar surface area (TPSA) is 113 Å². The van der Waals surface area contributed by atoms with Crippen molar-refractivity contribution in [3.63, 3.8) is 0 Å². The fourth-order valence-corrected chi connectivity index (χ4v) is 4.11. The van der Waals surface area contributed by atoms with Crippen molar-refractivity contribution in [3.05, 3.63) is 29.8 Å². The van der Waals surface area contributed by atoms with Crippen molar-refractivity contribution in [2.45, 2.75) is 38.0 Å². The van der Waals surface area contributed by atoms with E-state index in [1.165, 1.54) is 38.1 Å². The molecule has 0 spiro atoms. The van der Waals surface area contributed by atoms with Crippen LogP contribution in [-0.4, -0.2) is 57.1 Å². The maximum absolute atomic E-state index is 12.3. The minimum Gasteiger partial charge on any atom is -0.356 e. The molecule has 2 amide bonds. The average molecular weight is 410 g/mol. The Morgan fingerprint density at radius 3 is 2.21 bits per heavy atom. The maximum atomic E-state index is 12.3. The zero-order chi connectivity index (χ0) is 20.7. The van der Waals surface area contributed by atoms with Crippen LogP contribution in [0.4, 0.5) is 0 Å². The molecule has 1 aliphatic rings. The summed E-state index contributed by atoms with van der Waals surface area (Å²) in [6.07, 6.45) is 1.72. The first-order valence-electron chi connectivity index (χ1n) is 9.32. The van der Waals surface area contributed by atoms with Crippen LogP contribution in [0.5, 0.6) is 0 Å². The molecular weight excluding hydrogens is 382 g/mol. The number of ketones is 1. The van der Waals surface area contributed by atoms with Crippen molar-refractivity contribution in [3.8, 4) is 0 Å². The molecule has 1 heterocycles. The van der Waals surface area contributed by atoms with Crippen LogP contribution in [0.1, 0.15) is 43.5 Å². The van der Waals surface area contributed by atoms with E-state index in [-0.39, 0.29) is 35.5 Å². The van der Waals surface area contributed by atoms with E-state index < -0.39 is 10.0 Å². The number of carbonyl (C=O) groups excluding carboxylic acids is 3. The molecule has 0 radical (unpaired) electrons. The fourth-order valence-electron chi connectivity index (χ4n) is 3.08. The highest BCUT2D eigenvalue weighted by molar-refractivity contribution is 7.89. The smallest absolute Gasteiger partial charge is 0.240 e. The predicted molar refractivity (Wildman–Crippen MR) is 104 cm³/mol. The molecule has 28 heavy (non-hydrogen) atoms. The number of Topliss-reactive ketones (excluding diaryl/α,β-unsaturated/α-hetero) is 1. The molecule has 1 fully saturated rings. The minimum atomic E-state index is -3.73. The molecule has 1 aliphatic heterocycles. The summed E-state index contributed by atoms with van der Waals surface area (Å²) < 4.78 is 27.0. The first-order chi connectivity index (χ1) is 13.2. The largest absolute Gasteiger partial charge is 0.356 e. The van der Waals surface area contributed by atoms with Crippen LogP contribution in [0, 0.1) is 5.92 Å². The van der Waals surface area contributed by atoms with Crippen molar-refractivity contribution in [1.82, 2.24) is 14.9 Å². The Bertz CT molecular complexity index is 812. The van der Waals surface area contributed by atoms with Crippen LogP contribution in [-0.2, 0) is 19.6 Å². The van der Waals surface area contributed by atoms with Gasteiger partial charge in [-0.3, -0.25) is 14.4 Å². The van der Waals surface area contributed by atoms with Crippen LogP contribution in [0.2, 0.25) is 0 Å². The van der Waals surface area contributed by atoms with E-state index in [2.05, 4.69) is 10.0 Å². The van der Waals surface area contributed by atoms with Gasteiger partial charge in [0.1, 0.15) is 0 Å². The minimum absolute atomic E-state index is 0.0153. The highest BCUT2D eigenvalue weighted by Crippen LogP contribution is 2.17. The van der Waals surface area contributed by atoms with Crippen molar-refractivity contribution < 1.29 is 22.8 Å². The Balaban J connectivity index is 1.77. The number of amides is 2. The maximum Gasteiger partial charge on any atom is 0.240 e. The van der Waals surface area contributed by atoms with Crippen LogP contribution in [0.15, 0.2) is 29.2 Å². The van der Waals surface area contributed by atoms with Crippen LogP contribution in [0.25, 0.3) is 0 Å². The molecule has 1 aromatic carbocycles. The third-order valence-electron chi connectivity index (χ3n) is 4.81. The van der Waals surface area contributed by atoms with Gasteiger partial charge in [0, 0.05) is 45.1 Å². The van der Waals surface area contributed by atoms with Crippen molar-refractivity contribution in [1.29, 1.82) is 0 Å². The molecule has 9 heteroatoms. The Morgan fingerprint density at radius 1 is 1.07 bits per heavy atom. The summed E-state index contributed by atoms with van der Waals surface area (Å²) in [4.78, 5) is 36.3. The molecule has 154 valence electrons. The van der Waals surface area contributed by atoms with Gasteiger partial charge in [0.25, 0.3) is 0 Å². The molecule has 8 nitrogen and oxygen atoms in total. The lowest BCUT2D eigenvalue weighted by molar-refractivity contribution is -0.132. The molecule has 1 saturated heterocycles. The molecule has 0 saturated carbocycles. The highest BCUT2D eigenvalue weighted by atomic mass is 32.2. The lowest BCUT2D eigenvalue weighted by Gasteiger charge is -2.32. The highest BCUT2D eigenvalue weighted by Gasteiger charge is 2.23. The van der Waals surface area contributed by atoms with Crippen LogP contribution >= 0.6 is 0 Å². The standard InChI is InChI=1S/C19H27N3O5S/c1-14(23)17-3-5-18(6-4-17)28(26,27)21-10-7-19(25)22-11-8-16(9-12-22)13-20-15(2)24/h3-6,16,21H,7-13H2,1-2H3,(H,20,24). The number of nitrogens with one attached hydrogen (secondary N) is 2. The molecule has 2 rings (SSSR count). The predicted octanol–water partition coefficient (Wildman–Crippen LogP) is 0.932. The first-order valence-corrected chi connectivity index (χ1v) is 10.8. The summed E-state index contributed by atoms with van der Waals surface area (Å²) in [6.45, 7) is 4.76. The molecule has 0 bridgehead atoms. The second-order valence-electron chi connectivity index (χ2n) is 6.99. The summed E-state index contributed by atoms with van der Waals surface area (Å²) in [5.74, 6) is 0.0853. The van der Waals surface area contributed by atoms with Gasteiger partial charge in [-0.25, -0.2) is 13.1 Å². The van der Waals surface area contributed by atoms with E-state index in [1.54, 1.807) is 4.90 Å². The lowest BCUT2D eigenvalue weighted by atomic mass is 9.96. The molecular formula is C19H27N3O5S. The molecule has 0 unspecified atom stereocenters. The zero-order valence-corrected chi connectivity index (χ0v) is 17.0. The monoisotopic (exact) mass is 409 g/mol. The summed E-state index contributed by atoms with van der Waals surface area (Å²) in [5, 5.41) is 2.80. The summed E-state index contributed by atoms with van der Waals surface area (Å²) in [6, 6.07) is 5.68. The Hall–Kier alpha value is -2.26. The summed E-state index contributed by atoms with van der Waals surface area (Å²) in [5.41, 5.74) is 0.441. The summed E-state index contributed by atoms with van der Waals surface area (Å²) in [7, 11) is -3.73. The SMILES string of the molecule is CC(=O)NCC1CCN(C(=O)CCNS(=O)(=O)c2ccc(C(C)=O)cc2)CC1. The van der Waals surface area contributed by atoms with Crippen molar-refractivity contribution >= 4 is 27.6 Å². The van der Waals surface area contributed by atoms with Gasteiger partial charge in [0.15, 0.2) is 5.78 Å². The second-order valence-corrected chi connectivity index (χ2v) is 8.76. The second kappa shape index (κ2) is 9.79. The molecule has 2 N–H and O–H groups in total. The number of piperidine rings is 1. The van der Waals surface area contributed by atoms with E-state index in [9.17, 15) is 22.8 Å². The van der Waals surface area contributed by atoms with E-state index in [0.29, 0.717) is 31.1 Å². The third kappa shape index (κ3) is 6.42. The Morgan fingerprint density at radius 2 is 1.68 bits per heavy atom. The van der Waals surface area contributed by atoms with E-state index in [1.807, 2.05) is 0 Å². The number of carbonyl (C=O) groups is 3. The Kier molecular flexibility index (Phi) is 7.70. The van der Waals surface area contributed by atoms with E-state index >= 15 is 0 Å². The zero-order valence-electron chi connectivity index (χ0n) is 16.2. The normalized spacial score (nSPS) is 15.3. The number of hydrogen-bond acceptors (Lipinski definition) is 5. The summed E-state index contributed by atoms with van der Waals surface area (Å²) >= 11 is 0. The van der Waals surface area contributed by atoms with Gasteiger partial charge in [0.2, 0.25) is 21.8 Å². The molecule has 0 aliphatic carbocycles. The Labute approximate surface area is 165 Å². The van der Waals surface area contributed by atoms with Gasteiger partial charge < -0.3 is 10.2 Å². The third-order valence-corrected chi connectivity index (χ3v) is 6.29. The van der Waals surface area contributed by atoms with Gasteiger partial charge >= 0.3 is 0 Å². The van der Waals surface area contributed by atoms with Crippen molar-refractivity contribution in [2.75, 3.05) is 26.2 Å². The van der Waals surface area contributed by atoms with Crippen LogP contribution in [0.3, 0.4) is 0 Å². The van der Waals surface area contributed by atoms with Gasteiger partial charge in [-0.2, -0.15) is 0 Å². The first kappa shape index (κ1) is 22.0. The van der Waals surface area contributed by atoms with Gasteiger partial charge in [-0.15, -0.1) is 0 Å². The number of benzene rings is 1. The van der Waals surface area contributed by atoms with Gasteiger partial charge in [-0.05, 0) is 37.8 Å². The number of likely N-dealkylation sites (tertiary alicyclic amines) is 1. The van der Waals surface area contributed by atoms with Crippen LogP contribution < -0.4 is 10.0 Å². The molecule has 0 aromatic heterocycles. The lowest BCUT2D eigenvalue weighted by Crippen LogP contribution is -2.42. The number of sulfonamides is 1. The molecule has 1 aromatic rings.